The van der Waals surface area contributed by atoms with Gasteiger partial charge >= 0.3 is 0 Å². The molecule has 1 aliphatic carbocycles. The van der Waals surface area contributed by atoms with Crippen LogP contribution in [0.1, 0.15) is 30.9 Å². The van der Waals surface area contributed by atoms with Gasteiger partial charge in [-0.2, -0.15) is 0 Å². The number of amides is 1. The number of nitrogens with two attached hydrogens (primary N) is 1. The molecule has 1 saturated heterocycles. The van der Waals surface area contributed by atoms with Crippen LogP contribution in [-0.2, 0) is 4.79 Å². The number of nitrogens with zero attached hydrogens (tertiary/aromatic N) is 1. The molecule has 2 atom stereocenters. The molecule has 1 aliphatic heterocycles. The standard InChI is InChI=1S/C16H22N2O4/c1-20-12-6-9(7-13(21-2)16(12)22-3)15-11(17)8-14(19)18(15)10-4-5-10/h6-7,10-11,15H,4-5,8,17H2,1-3H3. The normalized spacial score (nSPS) is 24.5. The summed E-state index contributed by atoms with van der Waals surface area (Å²) < 4.78 is 16.2. The van der Waals surface area contributed by atoms with E-state index in [1.807, 2.05) is 17.0 Å². The summed E-state index contributed by atoms with van der Waals surface area (Å²) in [5.74, 6) is 1.84. The first-order valence-corrected chi connectivity index (χ1v) is 7.47. The van der Waals surface area contributed by atoms with Crippen LogP contribution < -0.4 is 19.9 Å². The molecule has 120 valence electrons. The first kappa shape index (κ1) is 15.0. The third kappa shape index (κ3) is 2.37. The molecule has 1 aromatic rings. The van der Waals surface area contributed by atoms with Gasteiger partial charge in [0.15, 0.2) is 11.5 Å². The predicted octanol–water partition coefficient (Wildman–Crippen LogP) is 1.48. The fourth-order valence-electron chi connectivity index (χ4n) is 3.24. The highest BCUT2D eigenvalue weighted by Crippen LogP contribution is 2.45. The maximum atomic E-state index is 12.2. The predicted molar refractivity (Wildman–Crippen MR) is 81.3 cm³/mol. The summed E-state index contributed by atoms with van der Waals surface area (Å²) in [4.78, 5) is 14.2. The number of carbonyl (C=O) groups is 1. The van der Waals surface area contributed by atoms with Gasteiger partial charge in [0.2, 0.25) is 11.7 Å². The van der Waals surface area contributed by atoms with Gasteiger partial charge in [0, 0.05) is 18.5 Å². The van der Waals surface area contributed by atoms with E-state index in [0.29, 0.717) is 29.7 Å². The summed E-state index contributed by atoms with van der Waals surface area (Å²) in [6.45, 7) is 0. The molecule has 6 heteroatoms. The van der Waals surface area contributed by atoms with Crippen LogP contribution in [0, 0.1) is 0 Å². The lowest BCUT2D eigenvalue weighted by molar-refractivity contribution is -0.129. The second-order valence-electron chi connectivity index (χ2n) is 5.80. The minimum absolute atomic E-state index is 0.131. The SMILES string of the molecule is COc1cc(C2C(N)CC(=O)N2C2CC2)cc(OC)c1OC. The van der Waals surface area contributed by atoms with Crippen LogP contribution in [0.3, 0.4) is 0 Å². The average molecular weight is 306 g/mol. The summed E-state index contributed by atoms with van der Waals surface area (Å²) in [6.07, 6.45) is 2.50. The molecular weight excluding hydrogens is 284 g/mol. The van der Waals surface area contributed by atoms with Crippen molar-refractivity contribution < 1.29 is 19.0 Å². The van der Waals surface area contributed by atoms with E-state index in [-0.39, 0.29) is 18.0 Å². The molecule has 1 heterocycles. The Morgan fingerprint density at radius 2 is 1.68 bits per heavy atom. The molecule has 1 saturated carbocycles. The highest BCUT2D eigenvalue weighted by Gasteiger charge is 2.46. The van der Waals surface area contributed by atoms with Gasteiger partial charge in [-0.3, -0.25) is 4.79 Å². The zero-order valence-electron chi connectivity index (χ0n) is 13.2. The topological polar surface area (TPSA) is 74.0 Å². The van der Waals surface area contributed by atoms with Gasteiger partial charge in [-0.15, -0.1) is 0 Å². The Bertz CT molecular complexity index is 561. The van der Waals surface area contributed by atoms with E-state index in [1.165, 1.54) is 0 Å². The number of ether oxygens (including phenoxy) is 3. The fraction of sp³-hybridized carbons (Fsp3) is 0.562. The van der Waals surface area contributed by atoms with Crippen molar-refractivity contribution in [3.8, 4) is 17.2 Å². The molecule has 1 aromatic carbocycles. The Balaban J connectivity index is 2.04. The Hall–Kier alpha value is -1.95. The molecule has 3 rings (SSSR count). The number of methoxy groups -OCH3 is 3. The Morgan fingerprint density at radius 3 is 2.14 bits per heavy atom. The molecule has 0 spiro atoms. The van der Waals surface area contributed by atoms with E-state index in [0.717, 1.165) is 18.4 Å². The molecule has 2 unspecified atom stereocenters. The number of hydrogen-bond acceptors (Lipinski definition) is 5. The van der Waals surface area contributed by atoms with Crippen LogP contribution in [0.2, 0.25) is 0 Å². The van der Waals surface area contributed by atoms with Gasteiger partial charge < -0.3 is 24.8 Å². The minimum atomic E-state index is -0.212. The van der Waals surface area contributed by atoms with E-state index < -0.39 is 0 Å². The Labute approximate surface area is 130 Å². The first-order chi connectivity index (χ1) is 10.6. The summed E-state index contributed by atoms with van der Waals surface area (Å²) in [5.41, 5.74) is 7.17. The Morgan fingerprint density at radius 1 is 1.09 bits per heavy atom. The maximum Gasteiger partial charge on any atom is 0.225 e. The van der Waals surface area contributed by atoms with E-state index in [4.69, 9.17) is 19.9 Å². The van der Waals surface area contributed by atoms with Crippen LogP contribution >= 0.6 is 0 Å². The largest absolute Gasteiger partial charge is 0.493 e. The van der Waals surface area contributed by atoms with Gasteiger partial charge in [0.25, 0.3) is 0 Å². The second kappa shape index (κ2) is 5.68. The first-order valence-electron chi connectivity index (χ1n) is 7.47. The smallest absolute Gasteiger partial charge is 0.225 e. The van der Waals surface area contributed by atoms with Gasteiger partial charge in [-0.05, 0) is 30.5 Å². The summed E-state index contributed by atoms with van der Waals surface area (Å²) in [5, 5.41) is 0. The zero-order chi connectivity index (χ0) is 15.9. The van der Waals surface area contributed by atoms with Crippen LogP contribution in [0.25, 0.3) is 0 Å². The van der Waals surface area contributed by atoms with Crippen LogP contribution in [0.4, 0.5) is 0 Å². The summed E-state index contributed by atoms with van der Waals surface area (Å²) in [7, 11) is 4.74. The number of carbonyl (C=O) groups excluding carboxylic acids is 1. The summed E-state index contributed by atoms with van der Waals surface area (Å²) >= 11 is 0. The van der Waals surface area contributed by atoms with Crippen LogP contribution in [-0.4, -0.2) is 44.2 Å². The van der Waals surface area contributed by atoms with Crippen molar-refractivity contribution in [3.05, 3.63) is 17.7 Å². The quantitative estimate of drug-likeness (QED) is 0.892. The van der Waals surface area contributed by atoms with Gasteiger partial charge in [-0.25, -0.2) is 0 Å². The molecule has 22 heavy (non-hydrogen) atoms. The molecule has 0 aromatic heterocycles. The third-order valence-electron chi connectivity index (χ3n) is 4.37. The number of hydrogen-bond donors (Lipinski definition) is 1. The highest BCUT2D eigenvalue weighted by atomic mass is 16.5. The zero-order valence-corrected chi connectivity index (χ0v) is 13.2. The number of rotatable bonds is 5. The molecule has 0 radical (unpaired) electrons. The van der Waals surface area contributed by atoms with Gasteiger partial charge in [0.1, 0.15) is 0 Å². The number of likely N-dealkylation sites (tertiary alicyclic amines) is 1. The minimum Gasteiger partial charge on any atom is -0.493 e. The van der Waals surface area contributed by atoms with Crippen molar-refractivity contribution in [1.29, 1.82) is 0 Å². The van der Waals surface area contributed by atoms with Crippen molar-refractivity contribution >= 4 is 5.91 Å². The molecular formula is C16H22N2O4. The van der Waals surface area contributed by atoms with Gasteiger partial charge in [0.05, 0.1) is 27.4 Å². The molecule has 2 aliphatic rings. The lowest BCUT2D eigenvalue weighted by atomic mass is 9.99. The van der Waals surface area contributed by atoms with Crippen LogP contribution in [0.15, 0.2) is 12.1 Å². The van der Waals surface area contributed by atoms with Crippen molar-refractivity contribution in [1.82, 2.24) is 4.90 Å². The second-order valence-corrected chi connectivity index (χ2v) is 5.80. The van der Waals surface area contributed by atoms with E-state index in [1.54, 1.807) is 21.3 Å². The van der Waals surface area contributed by atoms with E-state index >= 15 is 0 Å². The van der Waals surface area contributed by atoms with Crippen molar-refractivity contribution in [2.75, 3.05) is 21.3 Å². The molecule has 2 fully saturated rings. The average Bonchev–Trinajstić information content (AvgIpc) is 3.30. The lowest BCUT2D eigenvalue weighted by Gasteiger charge is -2.28. The van der Waals surface area contributed by atoms with Crippen molar-refractivity contribution in [3.63, 3.8) is 0 Å². The van der Waals surface area contributed by atoms with Crippen molar-refractivity contribution in [2.24, 2.45) is 5.73 Å². The number of benzene rings is 1. The molecule has 0 bridgehead atoms. The maximum absolute atomic E-state index is 12.2. The Kier molecular flexibility index (Phi) is 3.87. The van der Waals surface area contributed by atoms with Crippen LogP contribution in [0.5, 0.6) is 17.2 Å². The van der Waals surface area contributed by atoms with Gasteiger partial charge in [-0.1, -0.05) is 0 Å². The molecule has 6 nitrogen and oxygen atoms in total. The van der Waals surface area contributed by atoms with Crippen molar-refractivity contribution in [2.45, 2.75) is 37.4 Å². The fourth-order valence-corrected chi connectivity index (χ4v) is 3.24. The molecule has 2 N–H and O–H groups in total. The highest BCUT2D eigenvalue weighted by molar-refractivity contribution is 5.81. The summed E-state index contributed by atoms with van der Waals surface area (Å²) in [6, 6.07) is 3.76. The monoisotopic (exact) mass is 306 g/mol. The third-order valence-corrected chi connectivity index (χ3v) is 4.37. The van der Waals surface area contributed by atoms with E-state index in [2.05, 4.69) is 0 Å². The molecule has 1 amide bonds. The van der Waals surface area contributed by atoms with E-state index in [9.17, 15) is 4.79 Å². The lowest BCUT2D eigenvalue weighted by Crippen LogP contribution is -2.34.